The van der Waals surface area contributed by atoms with Crippen molar-refractivity contribution in [2.75, 3.05) is 38.8 Å². The number of aromatic nitrogens is 5. The van der Waals surface area contributed by atoms with Gasteiger partial charge in [-0.2, -0.15) is 5.10 Å². The number of H-pyrrole nitrogens is 2. The third kappa shape index (κ3) is 5.42. The molecule has 15 heteroatoms. The highest BCUT2D eigenvalue weighted by atomic mass is 79.9. The molecule has 0 saturated carbocycles. The molecule has 1 aliphatic heterocycles. The SMILES string of the molecule is COCCc1nc(-c2nc(N3CC[C@@H](NC(=O)c4[nH]c(C)c(Cl)c4Br)[C@@H](OC)C3)sc2C(=O)O)n[nH]1. The summed E-state index contributed by atoms with van der Waals surface area (Å²) in [5, 5.41) is 20.7. The minimum absolute atomic E-state index is 0.0514. The first kappa shape index (κ1) is 26.5. The van der Waals surface area contributed by atoms with Crippen LogP contribution in [0.3, 0.4) is 0 Å². The van der Waals surface area contributed by atoms with Gasteiger partial charge in [0.15, 0.2) is 5.13 Å². The number of hydrogen-bond acceptors (Lipinski definition) is 9. The lowest BCUT2D eigenvalue weighted by Crippen LogP contribution is -2.55. The van der Waals surface area contributed by atoms with Gasteiger partial charge in [0.2, 0.25) is 5.82 Å². The highest BCUT2D eigenvalue weighted by Gasteiger charge is 2.34. The number of carbonyl (C=O) groups excluding carboxylic acids is 1. The van der Waals surface area contributed by atoms with Crippen LogP contribution < -0.4 is 10.2 Å². The van der Waals surface area contributed by atoms with Gasteiger partial charge >= 0.3 is 5.97 Å². The fourth-order valence-electron chi connectivity index (χ4n) is 3.92. The van der Waals surface area contributed by atoms with Crippen molar-refractivity contribution in [2.45, 2.75) is 31.9 Å². The van der Waals surface area contributed by atoms with E-state index in [1.807, 2.05) is 4.90 Å². The van der Waals surface area contributed by atoms with E-state index in [0.717, 1.165) is 11.3 Å². The lowest BCUT2D eigenvalue weighted by atomic mass is 10.0. The van der Waals surface area contributed by atoms with Gasteiger partial charge in [-0.1, -0.05) is 22.9 Å². The molecule has 4 N–H and O–H groups in total. The fourth-order valence-corrected chi connectivity index (χ4v) is 5.57. The van der Waals surface area contributed by atoms with Gasteiger partial charge in [0.25, 0.3) is 5.91 Å². The number of carboxylic acid groups (broad SMARTS) is 1. The van der Waals surface area contributed by atoms with Crippen LogP contribution in [0.25, 0.3) is 11.5 Å². The van der Waals surface area contributed by atoms with E-state index in [-0.39, 0.29) is 34.4 Å². The summed E-state index contributed by atoms with van der Waals surface area (Å²) in [6, 6.07) is -0.261. The number of anilines is 1. The number of nitrogens with zero attached hydrogens (tertiary/aromatic N) is 4. The van der Waals surface area contributed by atoms with Crippen molar-refractivity contribution in [1.29, 1.82) is 0 Å². The fraction of sp³-hybridized carbons (Fsp3) is 0.476. The molecule has 0 aromatic carbocycles. The lowest BCUT2D eigenvalue weighted by molar-refractivity contribution is 0.0540. The molecule has 1 saturated heterocycles. The summed E-state index contributed by atoms with van der Waals surface area (Å²) in [5.74, 6) is -0.597. The van der Waals surface area contributed by atoms with Crippen molar-refractivity contribution in [2.24, 2.45) is 0 Å². The number of carbonyl (C=O) groups is 2. The third-order valence-electron chi connectivity index (χ3n) is 5.83. The zero-order chi connectivity index (χ0) is 26.0. The molecule has 1 aliphatic rings. The third-order valence-corrected chi connectivity index (χ3v) is 8.42. The van der Waals surface area contributed by atoms with Crippen LogP contribution >= 0.6 is 38.9 Å². The summed E-state index contributed by atoms with van der Waals surface area (Å²) in [4.78, 5) is 38.7. The second-order valence-electron chi connectivity index (χ2n) is 8.17. The Kier molecular flexibility index (Phi) is 8.30. The maximum atomic E-state index is 12.9. The number of nitrogens with one attached hydrogen (secondary N) is 3. The van der Waals surface area contributed by atoms with E-state index in [1.165, 1.54) is 0 Å². The number of carboxylic acids is 1. The molecule has 0 unspecified atom stereocenters. The maximum absolute atomic E-state index is 12.9. The van der Waals surface area contributed by atoms with Crippen molar-refractivity contribution in [3.63, 3.8) is 0 Å². The van der Waals surface area contributed by atoms with Crippen LogP contribution in [0.15, 0.2) is 4.47 Å². The predicted octanol–water partition coefficient (Wildman–Crippen LogP) is 2.89. The van der Waals surface area contributed by atoms with Gasteiger partial charge < -0.3 is 29.8 Å². The van der Waals surface area contributed by atoms with Gasteiger partial charge in [0.05, 0.1) is 28.2 Å². The molecule has 194 valence electrons. The maximum Gasteiger partial charge on any atom is 0.348 e. The molecular weight excluding hydrogens is 578 g/mol. The highest BCUT2D eigenvalue weighted by molar-refractivity contribution is 9.10. The molecule has 36 heavy (non-hydrogen) atoms. The van der Waals surface area contributed by atoms with E-state index >= 15 is 0 Å². The second kappa shape index (κ2) is 11.3. The van der Waals surface area contributed by atoms with Gasteiger partial charge in [-0.05, 0) is 29.3 Å². The zero-order valence-corrected chi connectivity index (χ0v) is 22.9. The Morgan fingerprint density at radius 1 is 1.36 bits per heavy atom. The van der Waals surface area contributed by atoms with Crippen molar-refractivity contribution in [3.8, 4) is 11.5 Å². The number of thiazole rings is 1. The normalized spacial score (nSPS) is 18.0. The van der Waals surface area contributed by atoms with Crippen molar-refractivity contribution in [1.82, 2.24) is 30.5 Å². The van der Waals surface area contributed by atoms with Crippen LogP contribution in [-0.2, 0) is 15.9 Å². The summed E-state index contributed by atoms with van der Waals surface area (Å²) >= 11 is 10.6. The van der Waals surface area contributed by atoms with Crippen LogP contribution in [0.1, 0.15) is 38.1 Å². The predicted molar refractivity (Wildman–Crippen MR) is 137 cm³/mol. The number of aromatic carboxylic acids is 1. The Bertz CT molecular complexity index is 1260. The molecule has 2 atom stereocenters. The Morgan fingerprint density at radius 2 is 2.14 bits per heavy atom. The van der Waals surface area contributed by atoms with Gasteiger partial charge in [0.1, 0.15) is 22.1 Å². The lowest BCUT2D eigenvalue weighted by Gasteiger charge is -2.37. The summed E-state index contributed by atoms with van der Waals surface area (Å²) in [6.45, 7) is 3.19. The molecule has 0 bridgehead atoms. The van der Waals surface area contributed by atoms with E-state index in [2.05, 4.69) is 46.4 Å². The minimum atomic E-state index is -1.10. The topological polar surface area (TPSA) is 158 Å². The first-order chi connectivity index (χ1) is 17.2. The van der Waals surface area contributed by atoms with Crippen LogP contribution in [-0.4, -0.2) is 88.2 Å². The molecule has 1 fully saturated rings. The standard InChI is InChI=1S/C21H25BrClN7O5S/c1-9-14(23)13(22)15(24-9)19(31)25-10-4-6-30(8-11(10)35-3)21-27-16(17(36-21)20(32)33)18-26-12(28-29-18)5-7-34-2/h10-11,24H,4-8H2,1-3H3,(H,25,31)(H,32,33)(H,26,28,29)/t10-,11+/m1/s1. The number of amides is 1. The van der Waals surface area contributed by atoms with Gasteiger partial charge in [-0.25, -0.2) is 14.8 Å². The first-order valence-electron chi connectivity index (χ1n) is 11.0. The molecular formula is C21H25BrClN7O5S. The average Bonchev–Trinajstić information content (AvgIpc) is 3.57. The van der Waals surface area contributed by atoms with E-state index in [1.54, 1.807) is 21.1 Å². The van der Waals surface area contributed by atoms with E-state index < -0.39 is 5.97 Å². The van der Waals surface area contributed by atoms with Crippen molar-refractivity contribution >= 4 is 55.9 Å². The van der Waals surface area contributed by atoms with Gasteiger partial charge in [0, 0.05) is 39.4 Å². The second-order valence-corrected chi connectivity index (χ2v) is 10.3. The monoisotopic (exact) mass is 601 g/mol. The molecule has 12 nitrogen and oxygen atoms in total. The summed E-state index contributed by atoms with van der Waals surface area (Å²) in [7, 11) is 3.16. The van der Waals surface area contributed by atoms with Crippen LogP contribution in [0.5, 0.6) is 0 Å². The largest absolute Gasteiger partial charge is 0.477 e. The average molecular weight is 603 g/mol. The van der Waals surface area contributed by atoms with Crippen molar-refractivity contribution in [3.05, 3.63) is 31.6 Å². The van der Waals surface area contributed by atoms with Gasteiger partial charge in [-0.3, -0.25) is 9.89 Å². The molecule has 3 aromatic heterocycles. The van der Waals surface area contributed by atoms with Crippen LogP contribution in [0, 0.1) is 6.92 Å². The molecule has 0 spiro atoms. The Hall–Kier alpha value is -2.52. The summed E-state index contributed by atoms with van der Waals surface area (Å²) < 4.78 is 11.2. The molecule has 1 amide bonds. The van der Waals surface area contributed by atoms with Crippen LogP contribution in [0.2, 0.25) is 5.02 Å². The van der Waals surface area contributed by atoms with Crippen LogP contribution in [0.4, 0.5) is 5.13 Å². The summed E-state index contributed by atoms with van der Waals surface area (Å²) in [5.41, 5.74) is 1.25. The number of rotatable bonds is 9. The Morgan fingerprint density at radius 3 is 2.78 bits per heavy atom. The number of piperidine rings is 1. The van der Waals surface area contributed by atoms with E-state index in [4.69, 9.17) is 21.1 Å². The number of hydrogen-bond donors (Lipinski definition) is 4. The summed E-state index contributed by atoms with van der Waals surface area (Å²) in [6.07, 6.45) is 0.731. The van der Waals surface area contributed by atoms with E-state index in [9.17, 15) is 14.7 Å². The first-order valence-corrected chi connectivity index (χ1v) is 13.0. The van der Waals surface area contributed by atoms with Crippen molar-refractivity contribution < 1.29 is 24.2 Å². The number of ether oxygens (including phenoxy) is 2. The number of aromatic amines is 2. The molecule has 3 aromatic rings. The minimum Gasteiger partial charge on any atom is -0.477 e. The Labute approximate surface area is 223 Å². The van der Waals surface area contributed by atoms with Gasteiger partial charge in [-0.15, -0.1) is 0 Å². The Balaban J connectivity index is 1.50. The zero-order valence-electron chi connectivity index (χ0n) is 19.7. The quantitative estimate of drug-likeness (QED) is 0.289. The number of methoxy groups -OCH3 is 2. The number of halogens is 2. The highest BCUT2D eigenvalue weighted by Crippen LogP contribution is 2.34. The molecule has 0 radical (unpaired) electrons. The number of aryl methyl sites for hydroxylation is 1. The molecule has 4 rings (SSSR count). The van der Waals surface area contributed by atoms with E-state index in [0.29, 0.717) is 64.4 Å². The molecule has 0 aliphatic carbocycles. The molecule has 4 heterocycles. The smallest absolute Gasteiger partial charge is 0.348 e.